The van der Waals surface area contributed by atoms with Crippen LogP contribution in [0.3, 0.4) is 0 Å². The number of carbonyl (C=O) groups excluding carboxylic acids is 1. The minimum absolute atomic E-state index is 0.157. The topological polar surface area (TPSA) is 51.1 Å². The van der Waals surface area contributed by atoms with Crippen molar-refractivity contribution in [3.8, 4) is 5.75 Å². The summed E-state index contributed by atoms with van der Waals surface area (Å²) in [5.74, 6) is -0.407. The number of oxime groups is 1. The summed E-state index contributed by atoms with van der Waals surface area (Å²) < 4.78 is 19.0. The maximum Gasteiger partial charge on any atom is 0.263 e. The van der Waals surface area contributed by atoms with E-state index in [1.807, 2.05) is 16.8 Å². The highest BCUT2D eigenvalue weighted by atomic mass is 32.1. The molecule has 0 atom stereocenters. The van der Waals surface area contributed by atoms with E-state index in [9.17, 15) is 9.18 Å². The number of nitrogens with zero attached hydrogens (tertiary/aromatic N) is 2. The Balaban J connectivity index is 1.59. The number of hydrogen-bond donors (Lipinski definition) is 0. The largest absolute Gasteiger partial charge is 0.489 e. The van der Waals surface area contributed by atoms with Crippen LogP contribution in [0.2, 0.25) is 0 Å². The Kier molecular flexibility index (Phi) is 5.10. The SMILES string of the molecule is CN(Cc1ccsc1)C(=O)CO/N=C1/CCOc2c(F)cccc21. The number of para-hydroxylation sites is 1. The number of carbonyl (C=O) groups is 1. The Labute approximate surface area is 143 Å². The molecule has 0 unspecified atom stereocenters. The average Bonchev–Trinajstić information content (AvgIpc) is 3.08. The zero-order valence-corrected chi connectivity index (χ0v) is 14.0. The molecule has 5 nitrogen and oxygen atoms in total. The van der Waals surface area contributed by atoms with Crippen LogP contribution < -0.4 is 4.74 Å². The predicted molar refractivity (Wildman–Crippen MR) is 89.8 cm³/mol. The second-order valence-corrected chi connectivity index (χ2v) is 6.19. The monoisotopic (exact) mass is 348 g/mol. The van der Waals surface area contributed by atoms with Crippen molar-refractivity contribution in [3.63, 3.8) is 0 Å². The summed E-state index contributed by atoms with van der Waals surface area (Å²) in [7, 11) is 1.72. The van der Waals surface area contributed by atoms with Gasteiger partial charge in [-0.3, -0.25) is 4.79 Å². The van der Waals surface area contributed by atoms with Crippen molar-refractivity contribution >= 4 is 23.0 Å². The average molecular weight is 348 g/mol. The molecule has 0 aliphatic carbocycles. The molecule has 0 spiro atoms. The molecule has 2 aromatic rings. The van der Waals surface area contributed by atoms with Crippen LogP contribution in [0.15, 0.2) is 40.2 Å². The minimum atomic E-state index is -0.425. The van der Waals surface area contributed by atoms with E-state index in [0.717, 1.165) is 5.56 Å². The number of hydrogen-bond acceptors (Lipinski definition) is 5. The molecule has 24 heavy (non-hydrogen) atoms. The third-order valence-electron chi connectivity index (χ3n) is 3.65. The van der Waals surface area contributed by atoms with Crippen LogP contribution >= 0.6 is 11.3 Å². The predicted octanol–water partition coefficient (Wildman–Crippen LogP) is 3.05. The molecule has 1 aliphatic heterocycles. The van der Waals surface area contributed by atoms with Crippen LogP contribution in [0.5, 0.6) is 5.75 Å². The first-order chi connectivity index (χ1) is 11.6. The van der Waals surface area contributed by atoms with Crippen LogP contribution in [0, 0.1) is 5.82 Å². The molecule has 7 heteroatoms. The molecular formula is C17H17FN2O3S. The van der Waals surface area contributed by atoms with E-state index in [1.165, 1.54) is 6.07 Å². The standard InChI is InChI=1S/C17H17FN2O3S/c1-20(9-12-6-8-24-11-12)16(21)10-23-19-15-5-7-22-17-13(15)3-2-4-14(17)18/h2-4,6,8,11H,5,7,9-10H2,1H3/b19-15-. The zero-order valence-electron chi connectivity index (χ0n) is 13.2. The third kappa shape index (κ3) is 3.73. The highest BCUT2D eigenvalue weighted by Crippen LogP contribution is 2.28. The quantitative estimate of drug-likeness (QED) is 0.781. The molecule has 1 aromatic heterocycles. The molecule has 1 amide bonds. The number of halogens is 1. The number of rotatable bonds is 5. The molecule has 0 saturated heterocycles. The molecule has 2 heterocycles. The molecule has 0 bridgehead atoms. The fourth-order valence-electron chi connectivity index (χ4n) is 2.38. The van der Waals surface area contributed by atoms with Crippen molar-refractivity contribution < 1.29 is 18.8 Å². The summed E-state index contributed by atoms with van der Waals surface area (Å²) in [6.45, 7) is 0.710. The van der Waals surface area contributed by atoms with E-state index in [-0.39, 0.29) is 18.3 Å². The number of fused-ring (bicyclic) bond motifs is 1. The first-order valence-electron chi connectivity index (χ1n) is 7.50. The third-order valence-corrected chi connectivity index (χ3v) is 4.38. The highest BCUT2D eigenvalue weighted by Gasteiger charge is 2.20. The minimum Gasteiger partial charge on any atom is -0.489 e. The number of ether oxygens (including phenoxy) is 1. The lowest BCUT2D eigenvalue weighted by Crippen LogP contribution is -2.29. The van der Waals surface area contributed by atoms with Gasteiger partial charge >= 0.3 is 0 Å². The molecule has 3 rings (SSSR count). The summed E-state index contributed by atoms with van der Waals surface area (Å²) in [6, 6.07) is 6.64. The summed E-state index contributed by atoms with van der Waals surface area (Å²) in [5.41, 5.74) is 2.24. The van der Waals surface area contributed by atoms with Crippen LogP contribution in [0.1, 0.15) is 17.5 Å². The molecule has 126 valence electrons. The van der Waals surface area contributed by atoms with E-state index in [0.29, 0.717) is 30.8 Å². The number of benzene rings is 1. The van der Waals surface area contributed by atoms with Gasteiger partial charge in [0, 0.05) is 25.6 Å². The molecule has 1 aromatic carbocycles. The lowest BCUT2D eigenvalue weighted by Gasteiger charge is -2.19. The maximum atomic E-state index is 13.7. The van der Waals surface area contributed by atoms with Crippen molar-refractivity contribution in [1.29, 1.82) is 0 Å². The first kappa shape index (κ1) is 16.4. The van der Waals surface area contributed by atoms with Gasteiger partial charge in [-0.05, 0) is 34.5 Å². The van der Waals surface area contributed by atoms with Gasteiger partial charge in [-0.15, -0.1) is 0 Å². The van der Waals surface area contributed by atoms with E-state index in [1.54, 1.807) is 35.4 Å². The van der Waals surface area contributed by atoms with Gasteiger partial charge < -0.3 is 14.5 Å². The highest BCUT2D eigenvalue weighted by molar-refractivity contribution is 7.07. The van der Waals surface area contributed by atoms with Gasteiger partial charge in [-0.25, -0.2) is 4.39 Å². The van der Waals surface area contributed by atoms with Gasteiger partial charge in [0.25, 0.3) is 5.91 Å². The Hall–Kier alpha value is -2.41. The van der Waals surface area contributed by atoms with Crippen LogP contribution in [0.25, 0.3) is 0 Å². The summed E-state index contributed by atoms with van der Waals surface area (Å²) in [6.07, 6.45) is 0.509. The normalized spacial score (nSPS) is 14.8. The van der Waals surface area contributed by atoms with Crippen LogP contribution in [0.4, 0.5) is 4.39 Å². The molecule has 0 radical (unpaired) electrons. The summed E-state index contributed by atoms with van der Waals surface area (Å²) >= 11 is 1.59. The van der Waals surface area contributed by atoms with Crippen LogP contribution in [-0.2, 0) is 16.2 Å². The van der Waals surface area contributed by atoms with Crippen LogP contribution in [-0.4, -0.2) is 36.8 Å². The Morgan fingerprint density at radius 2 is 2.33 bits per heavy atom. The lowest BCUT2D eigenvalue weighted by molar-refractivity contribution is -0.135. The van der Waals surface area contributed by atoms with E-state index in [2.05, 4.69) is 5.16 Å². The van der Waals surface area contributed by atoms with Crippen molar-refractivity contribution in [2.45, 2.75) is 13.0 Å². The lowest BCUT2D eigenvalue weighted by atomic mass is 10.0. The van der Waals surface area contributed by atoms with Crippen molar-refractivity contribution in [1.82, 2.24) is 4.90 Å². The van der Waals surface area contributed by atoms with E-state index in [4.69, 9.17) is 9.57 Å². The smallest absolute Gasteiger partial charge is 0.263 e. The Morgan fingerprint density at radius 1 is 1.46 bits per heavy atom. The van der Waals surface area contributed by atoms with Gasteiger partial charge in [0.2, 0.25) is 0 Å². The fraction of sp³-hybridized carbons (Fsp3) is 0.294. The number of amides is 1. The van der Waals surface area contributed by atoms with Gasteiger partial charge in [-0.1, -0.05) is 11.2 Å². The van der Waals surface area contributed by atoms with Gasteiger partial charge in [-0.2, -0.15) is 11.3 Å². The molecule has 0 saturated carbocycles. The first-order valence-corrected chi connectivity index (χ1v) is 8.45. The van der Waals surface area contributed by atoms with Gasteiger partial charge in [0.15, 0.2) is 18.2 Å². The Bertz CT molecular complexity index is 746. The van der Waals surface area contributed by atoms with Crippen molar-refractivity contribution in [3.05, 3.63) is 52.0 Å². The van der Waals surface area contributed by atoms with Gasteiger partial charge in [0.1, 0.15) is 0 Å². The second kappa shape index (κ2) is 7.44. The zero-order chi connectivity index (χ0) is 16.9. The molecule has 0 fully saturated rings. The second-order valence-electron chi connectivity index (χ2n) is 5.41. The Morgan fingerprint density at radius 3 is 3.12 bits per heavy atom. The summed E-state index contributed by atoms with van der Waals surface area (Å²) in [5, 5.41) is 7.98. The summed E-state index contributed by atoms with van der Waals surface area (Å²) in [4.78, 5) is 18.8. The number of thiophene rings is 1. The maximum absolute atomic E-state index is 13.7. The van der Waals surface area contributed by atoms with E-state index >= 15 is 0 Å². The molecule has 0 N–H and O–H groups in total. The van der Waals surface area contributed by atoms with Crippen molar-refractivity contribution in [2.75, 3.05) is 20.3 Å². The fourth-order valence-corrected chi connectivity index (χ4v) is 3.04. The number of likely N-dealkylation sites (N-methyl/N-ethyl adjacent to an activating group) is 1. The van der Waals surface area contributed by atoms with Crippen molar-refractivity contribution in [2.24, 2.45) is 5.16 Å². The molecular weight excluding hydrogens is 331 g/mol. The van der Waals surface area contributed by atoms with E-state index < -0.39 is 5.82 Å². The van der Waals surface area contributed by atoms with Gasteiger partial charge in [0.05, 0.1) is 12.3 Å². The molecule has 1 aliphatic rings.